The Balaban J connectivity index is 1.84. The quantitative estimate of drug-likeness (QED) is 0.256. The summed E-state index contributed by atoms with van der Waals surface area (Å²) in [6.07, 6.45) is 3.27. The van der Waals surface area contributed by atoms with Crippen LogP contribution >= 0.6 is 0 Å². The van der Waals surface area contributed by atoms with Gasteiger partial charge in [0.25, 0.3) is 11.7 Å². The van der Waals surface area contributed by atoms with Crippen molar-refractivity contribution < 1.29 is 28.9 Å². The van der Waals surface area contributed by atoms with Crippen LogP contribution in [0.2, 0.25) is 0 Å². The van der Waals surface area contributed by atoms with Crippen molar-refractivity contribution in [1.82, 2.24) is 9.88 Å². The average molecular weight is 503 g/mol. The number of ether oxygens (including phenoxy) is 3. The molecule has 0 saturated carbocycles. The summed E-state index contributed by atoms with van der Waals surface area (Å²) >= 11 is 0. The normalized spacial score (nSPS) is 16.8. The van der Waals surface area contributed by atoms with Gasteiger partial charge in [0.15, 0.2) is 11.5 Å². The molecule has 1 aliphatic heterocycles. The van der Waals surface area contributed by atoms with E-state index in [9.17, 15) is 14.7 Å². The number of hydrogen-bond donors (Lipinski definition) is 1. The van der Waals surface area contributed by atoms with Crippen LogP contribution in [0.1, 0.15) is 36.6 Å². The number of nitrogens with zero attached hydrogens (tertiary/aromatic N) is 2. The van der Waals surface area contributed by atoms with E-state index < -0.39 is 17.7 Å². The number of aromatic nitrogens is 1. The predicted octanol–water partition coefficient (Wildman–Crippen LogP) is 4.76. The molecule has 8 heteroatoms. The zero-order valence-corrected chi connectivity index (χ0v) is 21.3. The molecular weight excluding hydrogens is 472 g/mol. The molecule has 2 aromatic carbocycles. The second kappa shape index (κ2) is 11.2. The van der Waals surface area contributed by atoms with Gasteiger partial charge in [0, 0.05) is 30.1 Å². The molecule has 1 saturated heterocycles. The van der Waals surface area contributed by atoms with Crippen molar-refractivity contribution in [3.63, 3.8) is 0 Å². The Morgan fingerprint density at radius 1 is 1.03 bits per heavy atom. The zero-order valence-electron chi connectivity index (χ0n) is 21.3. The molecule has 0 bridgehead atoms. The average Bonchev–Trinajstić information content (AvgIpc) is 3.16. The Kier molecular flexibility index (Phi) is 7.77. The molecule has 192 valence electrons. The SMILES string of the molecule is COc1cccc([C@H]2/C(=C(\O)c3ccc(OCC(C)C)cc3)C(=O)C(=O)N2Cc2cccnc2)c1OC. The van der Waals surface area contributed by atoms with E-state index in [4.69, 9.17) is 14.2 Å². The summed E-state index contributed by atoms with van der Waals surface area (Å²) in [4.78, 5) is 32.2. The number of amides is 1. The van der Waals surface area contributed by atoms with Crippen molar-refractivity contribution in [2.24, 2.45) is 5.92 Å². The number of para-hydroxylation sites is 1. The molecule has 1 aromatic heterocycles. The standard InChI is InChI=1S/C29H30N2O6/c1-18(2)17-37-21-12-10-20(11-13-21)26(32)24-25(22-8-5-9-23(35-3)28(22)36-4)31(29(34)27(24)33)16-19-7-6-14-30-15-19/h5-15,18,25,32H,16-17H2,1-4H3/b26-24+/t25-/m0/s1. The molecule has 3 aromatic rings. The summed E-state index contributed by atoms with van der Waals surface area (Å²) < 4.78 is 16.8. The van der Waals surface area contributed by atoms with Gasteiger partial charge in [0.1, 0.15) is 11.5 Å². The highest BCUT2D eigenvalue weighted by Gasteiger charge is 2.47. The topological polar surface area (TPSA) is 98.2 Å². The van der Waals surface area contributed by atoms with Crippen LogP contribution in [0.3, 0.4) is 0 Å². The first-order chi connectivity index (χ1) is 17.8. The molecule has 37 heavy (non-hydrogen) atoms. The molecule has 4 rings (SSSR count). The van der Waals surface area contributed by atoms with Gasteiger partial charge in [0.2, 0.25) is 0 Å². The van der Waals surface area contributed by atoms with Crippen molar-refractivity contribution >= 4 is 17.4 Å². The Hall–Kier alpha value is -4.33. The third-order valence-electron chi connectivity index (χ3n) is 6.05. The minimum atomic E-state index is -0.915. The number of aliphatic hydroxyl groups excluding tert-OH is 1. The number of Topliss-reactive ketones (excluding diaryl/α,β-unsaturated/α-hetero) is 1. The molecule has 1 atom stereocenters. The lowest BCUT2D eigenvalue weighted by atomic mass is 9.94. The molecule has 1 fully saturated rings. The summed E-state index contributed by atoms with van der Waals surface area (Å²) in [6.45, 7) is 4.78. The first-order valence-electron chi connectivity index (χ1n) is 12.0. The van der Waals surface area contributed by atoms with Crippen molar-refractivity contribution in [2.75, 3.05) is 20.8 Å². The number of carbonyl (C=O) groups excluding carboxylic acids is 2. The van der Waals surface area contributed by atoms with Gasteiger partial charge in [0.05, 0.1) is 32.4 Å². The van der Waals surface area contributed by atoms with E-state index in [1.54, 1.807) is 60.9 Å². The van der Waals surface area contributed by atoms with Gasteiger partial charge < -0.3 is 24.2 Å². The number of aliphatic hydroxyl groups is 1. The van der Waals surface area contributed by atoms with E-state index >= 15 is 0 Å². The Morgan fingerprint density at radius 3 is 2.41 bits per heavy atom. The van der Waals surface area contributed by atoms with Gasteiger partial charge in [-0.15, -0.1) is 0 Å². The van der Waals surface area contributed by atoms with Crippen molar-refractivity contribution in [3.05, 3.63) is 89.3 Å². The van der Waals surface area contributed by atoms with Gasteiger partial charge in [-0.3, -0.25) is 14.6 Å². The lowest BCUT2D eigenvalue weighted by Gasteiger charge is -2.27. The molecule has 1 aliphatic rings. The van der Waals surface area contributed by atoms with Gasteiger partial charge in [-0.25, -0.2) is 0 Å². The third kappa shape index (κ3) is 5.28. The summed E-state index contributed by atoms with van der Waals surface area (Å²) in [5, 5.41) is 11.4. The van der Waals surface area contributed by atoms with Crippen LogP contribution < -0.4 is 14.2 Å². The van der Waals surface area contributed by atoms with Crippen molar-refractivity contribution in [3.8, 4) is 17.2 Å². The van der Waals surface area contributed by atoms with Crippen LogP contribution in [0.5, 0.6) is 17.2 Å². The maximum absolute atomic E-state index is 13.4. The molecule has 0 aliphatic carbocycles. The second-order valence-corrected chi connectivity index (χ2v) is 9.10. The monoisotopic (exact) mass is 502 g/mol. The van der Waals surface area contributed by atoms with Gasteiger partial charge in [-0.2, -0.15) is 0 Å². The van der Waals surface area contributed by atoms with Crippen LogP contribution in [0.4, 0.5) is 0 Å². The number of carbonyl (C=O) groups is 2. The summed E-state index contributed by atoms with van der Waals surface area (Å²) in [6, 6.07) is 14.7. The van der Waals surface area contributed by atoms with E-state index in [1.165, 1.54) is 19.1 Å². The van der Waals surface area contributed by atoms with E-state index in [1.807, 2.05) is 6.07 Å². The van der Waals surface area contributed by atoms with E-state index in [0.717, 1.165) is 5.56 Å². The van der Waals surface area contributed by atoms with Crippen LogP contribution in [-0.4, -0.2) is 47.5 Å². The maximum atomic E-state index is 13.4. The Morgan fingerprint density at radius 2 is 1.78 bits per heavy atom. The number of pyridine rings is 1. The number of benzene rings is 2. The van der Waals surface area contributed by atoms with E-state index in [-0.39, 0.29) is 17.9 Å². The van der Waals surface area contributed by atoms with E-state index in [2.05, 4.69) is 18.8 Å². The van der Waals surface area contributed by atoms with Gasteiger partial charge in [-0.05, 0) is 47.9 Å². The fourth-order valence-corrected chi connectivity index (χ4v) is 4.31. The third-order valence-corrected chi connectivity index (χ3v) is 6.05. The second-order valence-electron chi connectivity index (χ2n) is 9.10. The fourth-order valence-electron chi connectivity index (χ4n) is 4.31. The van der Waals surface area contributed by atoms with E-state index in [0.29, 0.717) is 40.9 Å². The van der Waals surface area contributed by atoms with Crippen LogP contribution in [0.15, 0.2) is 72.6 Å². The molecule has 0 unspecified atom stereocenters. The zero-order chi connectivity index (χ0) is 26.5. The van der Waals surface area contributed by atoms with Crippen LogP contribution in [0.25, 0.3) is 5.76 Å². The minimum Gasteiger partial charge on any atom is -0.507 e. The number of hydrogen-bond acceptors (Lipinski definition) is 7. The molecule has 0 radical (unpaired) electrons. The van der Waals surface area contributed by atoms with Gasteiger partial charge in [-0.1, -0.05) is 32.0 Å². The highest BCUT2D eigenvalue weighted by atomic mass is 16.5. The molecule has 0 spiro atoms. The highest BCUT2D eigenvalue weighted by molar-refractivity contribution is 6.46. The molecule has 1 N–H and O–H groups in total. The van der Waals surface area contributed by atoms with Crippen molar-refractivity contribution in [1.29, 1.82) is 0 Å². The number of ketones is 1. The molecule has 2 heterocycles. The first-order valence-corrected chi connectivity index (χ1v) is 12.0. The van der Waals surface area contributed by atoms with Gasteiger partial charge >= 0.3 is 0 Å². The summed E-state index contributed by atoms with van der Waals surface area (Å²) in [5.41, 5.74) is 1.62. The fraction of sp³-hybridized carbons (Fsp3) is 0.276. The summed E-state index contributed by atoms with van der Waals surface area (Å²) in [7, 11) is 3.00. The molecule has 1 amide bonds. The first kappa shape index (κ1) is 25.8. The Bertz CT molecular complexity index is 1300. The number of methoxy groups -OCH3 is 2. The maximum Gasteiger partial charge on any atom is 0.295 e. The number of rotatable bonds is 9. The lowest BCUT2D eigenvalue weighted by molar-refractivity contribution is -0.140. The minimum absolute atomic E-state index is 0.0312. The van der Waals surface area contributed by atoms with Crippen molar-refractivity contribution in [2.45, 2.75) is 26.4 Å². The summed E-state index contributed by atoms with van der Waals surface area (Å²) in [5.74, 6) is 0.0379. The Labute approximate surface area is 216 Å². The molecular formula is C29H30N2O6. The predicted molar refractivity (Wildman–Crippen MR) is 138 cm³/mol. The largest absolute Gasteiger partial charge is 0.507 e. The highest BCUT2D eigenvalue weighted by Crippen LogP contribution is 2.46. The number of likely N-dealkylation sites (tertiary alicyclic amines) is 1. The molecule has 8 nitrogen and oxygen atoms in total. The van der Waals surface area contributed by atoms with Crippen LogP contribution in [-0.2, 0) is 16.1 Å². The van der Waals surface area contributed by atoms with Crippen LogP contribution in [0, 0.1) is 5.92 Å². The lowest BCUT2D eigenvalue weighted by Crippen LogP contribution is -2.29. The smallest absolute Gasteiger partial charge is 0.295 e.